The van der Waals surface area contributed by atoms with Crippen LogP contribution in [-0.2, 0) is 5.41 Å². The van der Waals surface area contributed by atoms with Crippen LogP contribution in [0.2, 0.25) is 0 Å². The van der Waals surface area contributed by atoms with Crippen molar-refractivity contribution in [3.8, 4) is 0 Å². The van der Waals surface area contributed by atoms with Gasteiger partial charge < -0.3 is 21.0 Å². The van der Waals surface area contributed by atoms with Crippen LogP contribution in [0.15, 0.2) is 6.07 Å². The van der Waals surface area contributed by atoms with E-state index in [1.165, 1.54) is 4.90 Å². The second-order valence-corrected chi connectivity index (χ2v) is 5.91. The van der Waals surface area contributed by atoms with Crippen molar-refractivity contribution < 1.29 is 4.79 Å². The van der Waals surface area contributed by atoms with Crippen LogP contribution in [0, 0.1) is 0 Å². The van der Waals surface area contributed by atoms with Crippen molar-refractivity contribution in [1.29, 1.82) is 0 Å². The van der Waals surface area contributed by atoms with Crippen molar-refractivity contribution in [1.82, 2.24) is 20.2 Å². The number of hydrazine groups is 1. The molecular weight excluding hydrogens is 270 g/mol. The van der Waals surface area contributed by atoms with E-state index in [4.69, 9.17) is 5.84 Å². The highest BCUT2D eigenvalue weighted by Gasteiger charge is 2.19. The first-order valence-electron chi connectivity index (χ1n) is 6.79. The van der Waals surface area contributed by atoms with E-state index in [2.05, 4.69) is 26.0 Å². The van der Waals surface area contributed by atoms with Crippen molar-refractivity contribution in [3.05, 3.63) is 11.9 Å². The smallest absolute Gasteiger partial charge is 0.316 e. The molecule has 0 atom stereocenters. The van der Waals surface area contributed by atoms with Crippen LogP contribution < -0.4 is 21.9 Å². The molecule has 0 unspecified atom stereocenters. The maximum atomic E-state index is 11.4. The average molecular weight is 295 g/mol. The van der Waals surface area contributed by atoms with Gasteiger partial charge in [0.05, 0.1) is 0 Å². The fourth-order valence-electron chi connectivity index (χ4n) is 1.47. The number of nitrogens with zero attached hydrogens (tertiary/aromatic N) is 3. The van der Waals surface area contributed by atoms with Crippen molar-refractivity contribution in [2.24, 2.45) is 5.84 Å². The summed E-state index contributed by atoms with van der Waals surface area (Å²) in [6.07, 6.45) is 0. The molecule has 1 rings (SSSR count). The average Bonchev–Trinajstić information content (AvgIpc) is 2.41. The first kappa shape index (κ1) is 17.0. The minimum absolute atomic E-state index is 0.126. The van der Waals surface area contributed by atoms with Crippen LogP contribution in [0.1, 0.15) is 26.6 Å². The number of carbonyl (C=O) groups excluding carboxylic acids is 1. The number of nitrogen functional groups attached to an aromatic ring is 1. The van der Waals surface area contributed by atoms with Gasteiger partial charge in [-0.15, -0.1) is 0 Å². The molecule has 0 radical (unpaired) electrons. The van der Waals surface area contributed by atoms with E-state index in [0.717, 1.165) is 0 Å². The minimum atomic E-state index is -0.178. The summed E-state index contributed by atoms with van der Waals surface area (Å²) in [5.74, 6) is 7.34. The first-order valence-corrected chi connectivity index (χ1v) is 6.79. The lowest BCUT2D eigenvalue weighted by Crippen LogP contribution is -2.37. The highest BCUT2D eigenvalue weighted by molar-refractivity contribution is 5.73. The van der Waals surface area contributed by atoms with Gasteiger partial charge >= 0.3 is 6.03 Å². The lowest BCUT2D eigenvalue weighted by molar-refractivity contribution is 0.218. The van der Waals surface area contributed by atoms with E-state index in [-0.39, 0.29) is 11.4 Å². The van der Waals surface area contributed by atoms with Crippen molar-refractivity contribution in [2.75, 3.05) is 37.9 Å². The van der Waals surface area contributed by atoms with Crippen LogP contribution in [-0.4, -0.2) is 48.1 Å². The van der Waals surface area contributed by atoms with Gasteiger partial charge in [-0.3, -0.25) is 0 Å². The topological polar surface area (TPSA) is 108 Å². The van der Waals surface area contributed by atoms with Gasteiger partial charge in [0.25, 0.3) is 0 Å². The van der Waals surface area contributed by atoms with Gasteiger partial charge in [-0.1, -0.05) is 20.8 Å². The molecule has 0 aliphatic rings. The zero-order valence-corrected chi connectivity index (χ0v) is 13.3. The van der Waals surface area contributed by atoms with Crippen LogP contribution >= 0.6 is 0 Å². The Morgan fingerprint density at radius 2 is 1.86 bits per heavy atom. The van der Waals surface area contributed by atoms with Crippen LogP contribution in [0.3, 0.4) is 0 Å². The van der Waals surface area contributed by atoms with Gasteiger partial charge in [0, 0.05) is 38.7 Å². The summed E-state index contributed by atoms with van der Waals surface area (Å²) in [7, 11) is 3.39. The number of amides is 2. The number of nitrogens with two attached hydrogens (primary N) is 1. The quantitative estimate of drug-likeness (QED) is 0.362. The lowest BCUT2D eigenvalue weighted by atomic mass is 9.96. The van der Waals surface area contributed by atoms with Gasteiger partial charge in [-0.25, -0.2) is 20.6 Å². The van der Waals surface area contributed by atoms with Gasteiger partial charge in [0.1, 0.15) is 17.5 Å². The Morgan fingerprint density at radius 3 is 2.38 bits per heavy atom. The number of nitrogens with one attached hydrogen (secondary N) is 3. The molecule has 0 bridgehead atoms. The maximum absolute atomic E-state index is 11.4. The van der Waals surface area contributed by atoms with Gasteiger partial charge in [0.2, 0.25) is 0 Å². The SMILES string of the molecule is CN(C)C(=O)NCCNc1cc(NN)nc(C(C)(C)C)n1. The predicted molar refractivity (Wildman–Crippen MR) is 84.1 cm³/mol. The van der Waals surface area contributed by atoms with E-state index in [1.807, 2.05) is 20.8 Å². The zero-order chi connectivity index (χ0) is 16.0. The van der Waals surface area contributed by atoms with Crippen molar-refractivity contribution >= 4 is 17.7 Å². The largest absolute Gasteiger partial charge is 0.368 e. The Morgan fingerprint density at radius 1 is 1.24 bits per heavy atom. The third-order valence-electron chi connectivity index (χ3n) is 2.66. The first-order chi connectivity index (χ1) is 9.74. The minimum Gasteiger partial charge on any atom is -0.368 e. The summed E-state index contributed by atoms with van der Waals surface area (Å²) in [5, 5.41) is 5.91. The Balaban J connectivity index is 2.64. The summed E-state index contributed by atoms with van der Waals surface area (Å²) in [4.78, 5) is 21.7. The van der Waals surface area contributed by atoms with Crippen molar-refractivity contribution in [3.63, 3.8) is 0 Å². The predicted octanol–water partition coefficient (Wildman–Crippen LogP) is 0.743. The lowest BCUT2D eigenvalue weighted by Gasteiger charge is -2.19. The van der Waals surface area contributed by atoms with E-state index >= 15 is 0 Å². The molecule has 1 aromatic heterocycles. The Labute approximate surface area is 125 Å². The summed E-state index contributed by atoms with van der Waals surface area (Å²) >= 11 is 0. The monoisotopic (exact) mass is 295 g/mol. The number of rotatable bonds is 5. The fourth-order valence-corrected chi connectivity index (χ4v) is 1.47. The summed E-state index contributed by atoms with van der Waals surface area (Å²) in [6, 6.07) is 1.60. The Bertz CT molecular complexity index is 482. The molecule has 0 aliphatic carbocycles. The van der Waals surface area contributed by atoms with Crippen molar-refractivity contribution in [2.45, 2.75) is 26.2 Å². The Kier molecular flexibility index (Phi) is 5.71. The number of hydrogen-bond donors (Lipinski definition) is 4. The fraction of sp³-hybridized carbons (Fsp3) is 0.615. The third kappa shape index (κ3) is 5.42. The van der Waals surface area contributed by atoms with E-state index in [1.54, 1.807) is 20.2 Å². The molecule has 0 fully saturated rings. The normalized spacial score (nSPS) is 11.0. The summed E-state index contributed by atoms with van der Waals surface area (Å²) in [6.45, 7) is 7.15. The van der Waals surface area contributed by atoms with E-state index in [0.29, 0.717) is 30.5 Å². The van der Waals surface area contributed by atoms with E-state index in [9.17, 15) is 4.79 Å². The standard InChI is InChI=1S/C13H25N7O/c1-13(2,3)11-17-9(8-10(18-11)19-14)15-6-7-16-12(21)20(4)5/h8H,6-7,14H2,1-5H3,(H,16,21)(H2,15,17,18,19). The van der Waals surface area contributed by atoms with Gasteiger partial charge in [-0.2, -0.15) is 0 Å². The molecule has 0 aliphatic heterocycles. The molecule has 0 saturated carbocycles. The van der Waals surface area contributed by atoms with Crippen LogP contribution in [0.5, 0.6) is 0 Å². The number of carbonyl (C=O) groups is 1. The molecule has 0 saturated heterocycles. The number of aromatic nitrogens is 2. The number of hydrogen-bond acceptors (Lipinski definition) is 6. The summed E-state index contributed by atoms with van der Waals surface area (Å²) < 4.78 is 0. The molecule has 5 N–H and O–H groups in total. The van der Waals surface area contributed by atoms with Gasteiger partial charge in [-0.05, 0) is 0 Å². The molecule has 118 valence electrons. The number of urea groups is 1. The van der Waals surface area contributed by atoms with Gasteiger partial charge in [0.15, 0.2) is 0 Å². The molecule has 0 spiro atoms. The second-order valence-electron chi connectivity index (χ2n) is 5.91. The number of anilines is 2. The summed E-state index contributed by atoms with van der Waals surface area (Å²) in [5.41, 5.74) is 2.36. The highest BCUT2D eigenvalue weighted by Crippen LogP contribution is 2.21. The van der Waals surface area contributed by atoms with Crippen LogP contribution in [0.25, 0.3) is 0 Å². The highest BCUT2D eigenvalue weighted by atomic mass is 16.2. The van der Waals surface area contributed by atoms with Crippen LogP contribution in [0.4, 0.5) is 16.4 Å². The third-order valence-corrected chi connectivity index (χ3v) is 2.66. The zero-order valence-electron chi connectivity index (χ0n) is 13.3. The molecule has 1 aromatic rings. The molecular formula is C13H25N7O. The Hall–Kier alpha value is -2.09. The molecule has 2 amide bonds. The molecule has 1 heterocycles. The maximum Gasteiger partial charge on any atom is 0.316 e. The molecule has 8 heteroatoms. The molecule has 21 heavy (non-hydrogen) atoms. The second kappa shape index (κ2) is 7.07. The molecule has 8 nitrogen and oxygen atoms in total. The van der Waals surface area contributed by atoms with E-state index < -0.39 is 0 Å². The molecule has 0 aromatic carbocycles.